The van der Waals surface area contributed by atoms with Crippen LogP contribution in [0.1, 0.15) is 55.6 Å². The number of benzene rings is 6. The minimum atomic E-state index is 0.618. The molecule has 0 heterocycles. The molecule has 6 aromatic rings. The van der Waals surface area contributed by atoms with Crippen molar-refractivity contribution in [3.05, 3.63) is 213 Å². The Morgan fingerprint density at radius 1 is 0.239 bits per heavy atom. The van der Waals surface area contributed by atoms with Gasteiger partial charge in [-0.1, -0.05) is 150 Å². The van der Waals surface area contributed by atoms with E-state index >= 15 is 0 Å². The zero-order valence-electron chi connectivity index (χ0n) is 24.9. The predicted octanol–water partition coefficient (Wildman–Crippen LogP) is 8.49. The molecule has 6 aromatic carbocycles. The highest BCUT2D eigenvalue weighted by molar-refractivity contribution is 5.72. The van der Waals surface area contributed by atoms with Gasteiger partial charge in [-0.2, -0.15) is 0 Å². The maximum absolute atomic E-state index is 3.51. The summed E-state index contributed by atoms with van der Waals surface area (Å²) in [5, 5.41) is 0. The zero-order valence-corrected chi connectivity index (χ0v) is 24.9. The molecule has 0 saturated carbocycles. The lowest BCUT2D eigenvalue weighted by Crippen LogP contribution is -2.00. The Labute approximate surface area is 271 Å². The third kappa shape index (κ3) is 7.94. The van der Waals surface area contributed by atoms with Crippen molar-refractivity contribution >= 4 is 0 Å². The summed E-state index contributed by atoms with van der Waals surface area (Å²) in [6.07, 6.45) is 0. The van der Waals surface area contributed by atoms with Crippen LogP contribution in [-0.4, -0.2) is 0 Å². The van der Waals surface area contributed by atoms with Crippen molar-refractivity contribution in [2.75, 3.05) is 0 Å². The quantitative estimate of drug-likeness (QED) is 0.159. The van der Waals surface area contributed by atoms with Gasteiger partial charge >= 0.3 is 0 Å². The zero-order chi connectivity index (χ0) is 31.2. The molecule has 1 radical (unpaired) electrons. The molecule has 0 amide bonds. The molecule has 0 N–H and O–H groups in total. The van der Waals surface area contributed by atoms with Gasteiger partial charge < -0.3 is 0 Å². The first-order valence-corrected chi connectivity index (χ1v) is 14.8. The van der Waals surface area contributed by atoms with Crippen LogP contribution >= 0.6 is 0 Å². The van der Waals surface area contributed by atoms with Crippen LogP contribution in [0.25, 0.3) is 0 Å². The van der Waals surface area contributed by atoms with E-state index in [0.717, 1.165) is 27.8 Å². The van der Waals surface area contributed by atoms with Gasteiger partial charge in [-0.3, -0.25) is 0 Å². The number of hydrogen-bond donors (Lipinski definition) is 0. The third-order valence-electron chi connectivity index (χ3n) is 6.78. The van der Waals surface area contributed by atoms with E-state index in [4.69, 9.17) is 0 Å². The molecule has 6 rings (SSSR count). The van der Waals surface area contributed by atoms with Crippen LogP contribution in [0.15, 0.2) is 152 Å². The van der Waals surface area contributed by atoms with Gasteiger partial charge in [0.15, 0.2) is 0 Å². The summed E-state index contributed by atoms with van der Waals surface area (Å²) in [5.41, 5.74) is 7.67. The van der Waals surface area contributed by atoms with Crippen LogP contribution in [0.3, 0.4) is 0 Å². The van der Waals surface area contributed by atoms with Gasteiger partial charge in [0.1, 0.15) is 0 Å². The van der Waals surface area contributed by atoms with Gasteiger partial charge in [0.2, 0.25) is 0 Å². The lowest BCUT2D eigenvalue weighted by molar-refractivity contribution is 1.45. The van der Waals surface area contributed by atoms with E-state index in [2.05, 4.69) is 65.3 Å². The van der Waals surface area contributed by atoms with E-state index in [1.54, 1.807) is 0 Å². The monoisotopic (exact) mass is 577 g/mol. The summed E-state index contributed by atoms with van der Waals surface area (Å²) in [7, 11) is 0. The van der Waals surface area contributed by atoms with Gasteiger partial charge in [0.25, 0.3) is 0 Å². The van der Waals surface area contributed by atoms with E-state index in [1.165, 1.54) is 0 Å². The van der Waals surface area contributed by atoms with Crippen molar-refractivity contribution in [2.45, 2.75) is 0 Å². The molecule has 0 saturated heterocycles. The van der Waals surface area contributed by atoms with Crippen molar-refractivity contribution in [1.82, 2.24) is 0 Å². The fraction of sp³-hybridized carbons (Fsp3) is 0. The summed E-state index contributed by atoms with van der Waals surface area (Å²) in [6, 6.07) is 52.9. The molecule has 0 nitrogen and oxygen atoms in total. The summed E-state index contributed by atoms with van der Waals surface area (Å²) >= 11 is 0. The summed E-state index contributed by atoms with van der Waals surface area (Å²) in [5.74, 6) is 33.6. The third-order valence-corrected chi connectivity index (χ3v) is 6.78. The lowest BCUT2D eigenvalue weighted by Gasteiger charge is -2.08. The Balaban J connectivity index is 1.67. The van der Waals surface area contributed by atoms with Crippen molar-refractivity contribution in [1.29, 1.82) is 0 Å². The van der Waals surface area contributed by atoms with Crippen molar-refractivity contribution in [3.63, 3.8) is 0 Å². The first-order valence-electron chi connectivity index (χ1n) is 14.8. The molecule has 209 valence electrons. The van der Waals surface area contributed by atoms with Gasteiger partial charge in [-0.05, 0) is 60.7 Å². The number of hydrogen-bond acceptors (Lipinski definition) is 0. The molecule has 0 spiro atoms. The predicted molar refractivity (Wildman–Crippen MR) is 187 cm³/mol. The van der Waals surface area contributed by atoms with Crippen LogP contribution < -0.4 is 0 Å². The molecule has 0 aliphatic rings. The highest BCUT2D eigenvalue weighted by Crippen LogP contribution is 2.23. The number of rotatable bonds is 0. The fourth-order valence-electron chi connectivity index (χ4n) is 4.47. The van der Waals surface area contributed by atoms with Gasteiger partial charge in [-0.15, -0.1) is 0 Å². The topological polar surface area (TPSA) is 0 Å². The second-order valence-electron chi connectivity index (χ2n) is 10.1. The first-order chi connectivity index (χ1) is 22.8. The Morgan fingerprint density at radius 2 is 0.478 bits per heavy atom. The van der Waals surface area contributed by atoms with Crippen molar-refractivity contribution < 1.29 is 0 Å². The molecule has 0 fully saturated rings. The Hall–Kier alpha value is -6.88. The van der Waals surface area contributed by atoms with Crippen LogP contribution in [0.5, 0.6) is 0 Å². The fourth-order valence-corrected chi connectivity index (χ4v) is 4.47. The molecule has 0 atom stereocenters. The maximum atomic E-state index is 3.51. The molecular formula is C46H25. The SMILES string of the molecule is C(#Cc1[c]c(C#Cc2ccccc2)c(C#Cc2ccccc2)c(C#Cc2ccccc2)c1C#Cc1ccccc1)c1ccccc1. The second-order valence-corrected chi connectivity index (χ2v) is 10.1. The van der Waals surface area contributed by atoms with Gasteiger partial charge in [0, 0.05) is 33.9 Å². The second kappa shape index (κ2) is 15.0. The van der Waals surface area contributed by atoms with Crippen molar-refractivity contribution in [2.24, 2.45) is 0 Å². The minimum Gasteiger partial charge on any atom is -0.0622 e. The average Bonchev–Trinajstić information content (AvgIpc) is 3.13. The van der Waals surface area contributed by atoms with Gasteiger partial charge in [-0.25, -0.2) is 0 Å². The van der Waals surface area contributed by atoms with Crippen LogP contribution in [-0.2, 0) is 0 Å². The van der Waals surface area contributed by atoms with Crippen molar-refractivity contribution in [3.8, 4) is 59.2 Å². The minimum absolute atomic E-state index is 0.618. The Morgan fingerprint density at radius 3 is 0.761 bits per heavy atom. The highest BCUT2D eigenvalue weighted by atomic mass is 14.1. The Kier molecular flexibility index (Phi) is 9.54. The highest BCUT2D eigenvalue weighted by Gasteiger charge is 2.15. The summed E-state index contributed by atoms with van der Waals surface area (Å²) in [4.78, 5) is 0. The van der Waals surface area contributed by atoms with E-state index in [0.29, 0.717) is 27.8 Å². The smallest absolute Gasteiger partial charge is 0.0588 e. The van der Waals surface area contributed by atoms with E-state index in [9.17, 15) is 0 Å². The average molecular weight is 578 g/mol. The lowest BCUT2D eigenvalue weighted by atomic mass is 9.91. The van der Waals surface area contributed by atoms with Crippen LogP contribution in [0.2, 0.25) is 0 Å². The molecule has 46 heavy (non-hydrogen) atoms. The van der Waals surface area contributed by atoms with Crippen LogP contribution in [0.4, 0.5) is 0 Å². The molecule has 0 aliphatic heterocycles. The molecule has 0 aliphatic carbocycles. The van der Waals surface area contributed by atoms with E-state index in [1.807, 2.05) is 152 Å². The standard InChI is InChI=1S/C46H25/c1-6-16-37(17-7-1)26-31-42-36-43(32-27-38-18-8-2-9-19-38)45(34-29-40-22-12-4-13-23-40)46(35-30-41-24-14-5-15-25-41)44(42)33-28-39-20-10-3-11-21-39/h1-25H. The molecule has 0 heteroatoms. The normalized spacial score (nSPS) is 9.30. The molecule has 0 aromatic heterocycles. The maximum Gasteiger partial charge on any atom is 0.0588 e. The Bertz CT molecular complexity index is 2140. The van der Waals surface area contributed by atoms with Gasteiger partial charge in [0.05, 0.1) is 27.8 Å². The molecular weight excluding hydrogens is 553 g/mol. The molecule has 0 unspecified atom stereocenters. The largest absolute Gasteiger partial charge is 0.0622 e. The summed E-state index contributed by atoms with van der Waals surface area (Å²) < 4.78 is 0. The summed E-state index contributed by atoms with van der Waals surface area (Å²) in [6.45, 7) is 0. The van der Waals surface area contributed by atoms with E-state index in [-0.39, 0.29) is 0 Å². The van der Waals surface area contributed by atoms with E-state index < -0.39 is 0 Å². The molecule has 0 bridgehead atoms. The first kappa shape index (κ1) is 29.2. The van der Waals surface area contributed by atoms with Crippen LogP contribution in [0, 0.1) is 65.3 Å².